The fourth-order valence-electron chi connectivity index (χ4n) is 2.70. The Morgan fingerprint density at radius 3 is 2.63 bits per heavy atom. The van der Waals surface area contributed by atoms with Gasteiger partial charge in [0.05, 0.1) is 12.0 Å². The molecule has 3 aromatic rings. The quantitative estimate of drug-likeness (QED) is 0.708. The maximum Gasteiger partial charge on any atom is 0.257 e. The summed E-state index contributed by atoms with van der Waals surface area (Å²) in [7, 11) is 0. The third-order valence-corrected chi connectivity index (χ3v) is 4.21. The Kier molecular flexibility index (Phi) is 5.94. The summed E-state index contributed by atoms with van der Waals surface area (Å²) in [5, 5.41) is 5.77. The van der Waals surface area contributed by atoms with Crippen LogP contribution in [0.4, 0.5) is 5.69 Å². The van der Waals surface area contributed by atoms with Crippen molar-refractivity contribution in [3.63, 3.8) is 0 Å². The summed E-state index contributed by atoms with van der Waals surface area (Å²) in [5.41, 5.74) is 4.21. The number of carbonyl (C=O) groups is 2. The first kappa shape index (κ1) is 18.3. The molecule has 0 atom stereocenters. The summed E-state index contributed by atoms with van der Waals surface area (Å²) < 4.78 is 0. The van der Waals surface area contributed by atoms with Crippen LogP contribution in [0.5, 0.6) is 0 Å². The molecule has 0 bridgehead atoms. The Morgan fingerprint density at radius 2 is 1.85 bits per heavy atom. The predicted octanol–water partition coefficient (Wildman–Crippen LogP) is 3.50. The van der Waals surface area contributed by atoms with E-state index in [1.807, 2.05) is 55.5 Å². The lowest BCUT2D eigenvalue weighted by Gasteiger charge is -2.09. The zero-order valence-electron chi connectivity index (χ0n) is 15.1. The van der Waals surface area contributed by atoms with Gasteiger partial charge in [-0.05, 0) is 47.9 Å². The van der Waals surface area contributed by atoms with Gasteiger partial charge in [-0.25, -0.2) is 0 Å². The van der Waals surface area contributed by atoms with Gasteiger partial charge in [0.1, 0.15) is 0 Å². The molecule has 1 heterocycles. The zero-order chi connectivity index (χ0) is 19.1. The summed E-state index contributed by atoms with van der Waals surface area (Å²) in [6.07, 6.45) is 3.49. The van der Waals surface area contributed by atoms with Crippen LogP contribution >= 0.6 is 0 Å². The number of pyridine rings is 1. The highest BCUT2D eigenvalue weighted by Gasteiger charge is 2.08. The lowest BCUT2D eigenvalue weighted by Crippen LogP contribution is -2.24. The SMILES string of the molecule is Cc1ccccc1CC(=O)NCc1cccc(NC(=O)c2cccnc2)c1. The standard InChI is InChI=1S/C22H21N3O2/c1-16-6-2-3-8-18(16)13-21(26)24-14-17-7-4-10-20(12-17)25-22(27)19-9-5-11-23-15-19/h2-12,15H,13-14H2,1H3,(H,24,26)(H,25,27). The van der Waals surface area contributed by atoms with Crippen LogP contribution in [0.2, 0.25) is 0 Å². The lowest BCUT2D eigenvalue weighted by molar-refractivity contribution is -0.120. The first-order valence-corrected chi connectivity index (χ1v) is 8.73. The molecule has 0 unspecified atom stereocenters. The highest BCUT2D eigenvalue weighted by molar-refractivity contribution is 6.04. The minimum absolute atomic E-state index is 0.0332. The van der Waals surface area contributed by atoms with Gasteiger partial charge in [-0.15, -0.1) is 0 Å². The van der Waals surface area contributed by atoms with Crippen molar-refractivity contribution in [3.8, 4) is 0 Å². The molecule has 27 heavy (non-hydrogen) atoms. The number of hydrogen-bond acceptors (Lipinski definition) is 3. The second-order valence-corrected chi connectivity index (χ2v) is 6.28. The van der Waals surface area contributed by atoms with Crippen molar-refractivity contribution >= 4 is 17.5 Å². The maximum absolute atomic E-state index is 12.2. The Hall–Kier alpha value is -3.47. The molecule has 0 radical (unpaired) electrons. The van der Waals surface area contributed by atoms with Crippen LogP contribution in [0.15, 0.2) is 73.1 Å². The van der Waals surface area contributed by atoms with E-state index in [-0.39, 0.29) is 11.8 Å². The lowest BCUT2D eigenvalue weighted by atomic mass is 10.1. The van der Waals surface area contributed by atoms with Crippen molar-refractivity contribution in [3.05, 3.63) is 95.3 Å². The topological polar surface area (TPSA) is 71.1 Å². The summed E-state index contributed by atoms with van der Waals surface area (Å²) >= 11 is 0. The number of benzene rings is 2. The van der Waals surface area contributed by atoms with E-state index in [1.165, 1.54) is 6.20 Å². The number of aromatic nitrogens is 1. The fraction of sp³-hybridized carbons (Fsp3) is 0.136. The first-order valence-electron chi connectivity index (χ1n) is 8.73. The molecule has 0 aliphatic carbocycles. The second-order valence-electron chi connectivity index (χ2n) is 6.28. The molecule has 0 spiro atoms. The van der Waals surface area contributed by atoms with E-state index in [4.69, 9.17) is 0 Å². The number of rotatable bonds is 6. The average Bonchev–Trinajstić information content (AvgIpc) is 2.69. The smallest absolute Gasteiger partial charge is 0.257 e. The summed E-state index contributed by atoms with van der Waals surface area (Å²) in [5.74, 6) is -0.252. The monoisotopic (exact) mass is 359 g/mol. The van der Waals surface area contributed by atoms with Crippen LogP contribution in [-0.2, 0) is 17.8 Å². The Bertz CT molecular complexity index is 939. The molecule has 0 aliphatic rings. The second kappa shape index (κ2) is 8.76. The molecule has 5 heteroatoms. The zero-order valence-corrected chi connectivity index (χ0v) is 15.1. The van der Waals surface area contributed by atoms with Gasteiger partial charge in [0, 0.05) is 24.6 Å². The van der Waals surface area contributed by atoms with Crippen LogP contribution < -0.4 is 10.6 Å². The molecule has 0 fully saturated rings. The van der Waals surface area contributed by atoms with E-state index in [0.29, 0.717) is 24.2 Å². The Labute approximate surface area is 158 Å². The van der Waals surface area contributed by atoms with Gasteiger partial charge in [0.15, 0.2) is 0 Å². The van der Waals surface area contributed by atoms with Gasteiger partial charge in [-0.2, -0.15) is 0 Å². The highest BCUT2D eigenvalue weighted by Crippen LogP contribution is 2.13. The van der Waals surface area contributed by atoms with Gasteiger partial charge in [-0.1, -0.05) is 36.4 Å². The first-order chi connectivity index (χ1) is 13.1. The minimum atomic E-state index is -0.219. The van der Waals surface area contributed by atoms with Crippen LogP contribution in [0.3, 0.4) is 0 Å². The number of aryl methyl sites for hydroxylation is 1. The number of hydrogen-bond donors (Lipinski definition) is 2. The van der Waals surface area contributed by atoms with Crippen molar-refractivity contribution < 1.29 is 9.59 Å². The average molecular weight is 359 g/mol. The number of amides is 2. The van der Waals surface area contributed by atoms with Gasteiger partial charge in [0.25, 0.3) is 5.91 Å². The van der Waals surface area contributed by atoms with E-state index in [1.54, 1.807) is 18.3 Å². The van der Waals surface area contributed by atoms with Gasteiger partial charge in [-0.3, -0.25) is 14.6 Å². The van der Waals surface area contributed by atoms with E-state index in [2.05, 4.69) is 15.6 Å². The molecule has 136 valence electrons. The number of anilines is 1. The van der Waals surface area contributed by atoms with Crippen LogP contribution in [0.25, 0.3) is 0 Å². The molecule has 2 amide bonds. The third-order valence-electron chi connectivity index (χ3n) is 4.21. The molecule has 0 saturated heterocycles. The summed E-state index contributed by atoms with van der Waals surface area (Å²) in [6, 6.07) is 18.7. The normalized spacial score (nSPS) is 10.3. The minimum Gasteiger partial charge on any atom is -0.352 e. The molecule has 2 aromatic carbocycles. The molecule has 1 aromatic heterocycles. The molecule has 3 rings (SSSR count). The predicted molar refractivity (Wildman–Crippen MR) is 105 cm³/mol. The number of nitrogens with zero attached hydrogens (tertiary/aromatic N) is 1. The molecule has 5 nitrogen and oxygen atoms in total. The van der Waals surface area contributed by atoms with Crippen LogP contribution in [0.1, 0.15) is 27.0 Å². The summed E-state index contributed by atoms with van der Waals surface area (Å²) in [4.78, 5) is 28.3. The van der Waals surface area contributed by atoms with E-state index in [9.17, 15) is 9.59 Å². The Morgan fingerprint density at radius 1 is 1.00 bits per heavy atom. The van der Waals surface area contributed by atoms with Crippen molar-refractivity contribution in [1.82, 2.24) is 10.3 Å². The van der Waals surface area contributed by atoms with Crippen molar-refractivity contribution in [2.75, 3.05) is 5.32 Å². The van der Waals surface area contributed by atoms with E-state index < -0.39 is 0 Å². The van der Waals surface area contributed by atoms with Crippen molar-refractivity contribution in [1.29, 1.82) is 0 Å². The highest BCUT2D eigenvalue weighted by atomic mass is 16.2. The van der Waals surface area contributed by atoms with Gasteiger partial charge >= 0.3 is 0 Å². The summed E-state index contributed by atoms with van der Waals surface area (Å²) in [6.45, 7) is 2.40. The fourth-order valence-corrected chi connectivity index (χ4v) is 2.70. The molecule has 0 aliphatic heterocycles. The van der Waals surface area contributed by atoms with Crippen LogP contribution in [-0.4, -0.2) is 16.8 Å². The van der Waals surface area contributed by atoms with Gasteiger partial charge < -0.3 is 10.6 Å². The number of nitrogens with one attached hydrogen (secondary N) is 2. The molecular weight excluding hydrogens is 338 g/mol. The van der Waals surface area contributed by atoms with Gasteiger partial charge in [0.2, 0.25) is 5.91 Å². The van der Waals surface area contributed by atoms with E-state index >= 15 is 0 Å². The van der Waals surface area contributed by atoms with E-state index in [0.717, 1.165) is 16.7 Å². The number of carbonyl (C=O) groups excluding carboxylic acids is 2. The molecular formula is C22H21N3O2. The Balaban J connectivity index is 1.57. The molecule has 0 saturated carbocycles. The maximum atomic E-state index is 12.2. The van der Waals surface area contributed by atoms with Crippen LogP contribution in [0, 0.1) is 6.92 Å². The van der Waals surface area contributed by atoms with Crippen molar-refractivity contribution in [2.45, 2.75) is 19.9 Å². The molecule has 2 N–H and O–H groups in total. The third kappa shape index (κ3) is 5.25. The largest absolute Gasteiger partial charge is 0.352 e. The van der Waals surface area contributed by atoms with Crippen molar-refractivity contribution in [2.24, 2.45) is 0 Å².